The van der Waals surface area contributed by atoms with Gasteiger partial charge in [-0.3, -0.25) is 9.59 Å². The van der Waals surface area contributed by atoms with Crippen LogP contribution in [-0.4, -0.2) is 37.4 Å². The van der Waals surface area contributed by atoms with Gasteiger partial charge in [0.1, 0.15) is 5.92 Å². The number of hydrogen-bond acceptors (Lipinski definition) is 2. The first-order chi connectivity index (χ1) is 5.13. The Kier molecular flexibility index (Phi) is 2.12. The molecule has 1 saturated heterocycles. The van der Waals surface area contributed by atoms with Crippen molar-refractivity contribution in [2.24, 2.45) is 5.92 Å². The molecule has 1 rings (SSSR count). The van der Waals surface area contributed by atoms with E-state index in [0.717, 1.165) is 0 Å². The summed E-state index contributed by atoms with van der Waals surface area (Å²) in [5.74, 6) is -0.672. The maximum atomic E-state index is 11.2. The van der Waals surface area contributed by atoms with E-state index < -0.39 is 5.92 Å². The van der Waals surface area contributed by atoms with Crippen molar-refractivity contribution in [2.45, 2.75) is 6.42 Å². The van der Waals surface area contributed by atoms with E-state index >= 15 is 0 Å². The van der Waals surface area contributed by atoms with Gasteiger partial charge in [-0.1, -0.05) is 0 Å². The fourth-order valence-electron chi connectivity index (χ4n) is 1.14. The first-order valence-electron chi connectivity index (χ1n) is 3.62. The molecule has 0 aliphatic carbocycles. The lowest BCUT2D eigenvalue weighted by molar-refractivity contribution is -0.138. The van der Waals surface area contributed by atoms with E-state index in [2.05, 4.69) is 5.32 Å². The van der Waals surface area contributed by atoms with Crippen molar-refractivity contribution in [3.63, 3.8) is 0 Å². The van der Waals surface area contributed by atoms with Crippen LogP contribution in [0.5, 0.6) is 0 Å². The van der Waals surface area contributed by atoms with E-state index in [9.17, 15) is 9.59 Å². The van der Waals surface area contributed by atoms with E-state index in [-0.39, 0.29) is 11.8 Å². The number of carbonyl (C=O) groups is 2. The summed E-state index contributed by atoms with van der Waals surface area (Å²) >= 11 is 0. The molecular formula is C7H12N2O2. The van der Waals surface area contributed by atoms with E-state index in [1.165, 1.54) is 4.90 Å². The van der Waals surface area contributed by atoms with Crippen LogP contribution in [0.3, 0.4) is 0 Å². The normalized spacial score (nSPS) is 23.1. The molecule has 1 N–H and O–H groups in total. The number of carbonyl (C=O) groups excluding carboxylic acids is 2. The minimum atomic E-state index is -0.440. The summed E-state index contributed by atoms with van der Waals surface area (Å²) in [6.45, 7) is 0.628. The summed E-state index contributed by atoms with van der Waals surface area (Å²) in [7, 11) is 3.32. The van der Waals surface area contributed by atoms with Crippen molar-refractivity contribution in [1.29, 1.82) is 0 Å². The van der Waals surface area contributed by atoms with Crippen LogP contribution >= 0.6 is 0 Å². The second-order valence-corrected chi connectivity index (χ2v) is 2.86. The second kappa shape index (κ2) is 2.90. The number of nitrogens with one attached hydrogen (secondary N) is 1. The Bertz CT molecular complexity index is 189. The van der Waals surface area contributed by atoms with Crippen LogP contribution in [0.4, 0.5) is 0 Å². The van der Waals surface area contributed by atoms with Crippen molar-refractivity contribution in [2.75, 3.05) is 20.6 Å². The Hall–Kier alpha value is -1.06. The minimum absolute atomic E-state index is 0.0972. The van der Waals surface area contributed by atoms with E-state index in [1.807, 2.05) is 0 Å². The molecule has 0 aromatic rings. The average molecular weight is 156 g/mol. The molecule has 0 spiro atoms. The van der Waals surface area contributed by atoms with Gasteiger partial charge < -0.3 is 10.2 Å². The van der Waals surface area contributed by atoms with Gasteiger partial charge in [-0.25, -0.2) is 0 Å². The third-order valence-electron chi connectivity index (χ3n) is 1.79. The van der Waals surface area contributed by atoms with Gasteiger partial charge in [0, 0.05) is 20.6 Å². The highest BCUT2D eigenvalue weighted by atomic mass is 16.2. The van der Waals surface area contributed by atoms with Crippen LogP contribution in [0.15, 0.2) is 0 Å². The fraction of sp³-hybridized carbons (Fsp3) is 0.714. The van der Waals surface area contributed by atoms with Crippen LogP contribution in [-0.2, 0) is 9.59 Å². The van der Waals surface area contributed by atoms with Gasteiger partial charge in [-0.15, -0.1) is 0 Å². The highest BCUT2D eigenvalue weighted by Gasteiger charge is 2.31. The van der Waals surface area contributed by atoms with E-state index in [0.29, 0.717) is 13.0 Å². The molecule has 4 heteroatoms. The van der Waals surface area contributed by atoms with Crippen LogP contribution < -0.4 is 5.32 Å². The zero-order valence-corrected chi connectivity index (χ0v) is 6.76. The quantitative estimate of drug-likeness (QED) is 0.506. The Balaban J connectivity index is 2.60. The van der Waals surface area contributed by atoms with Crippen LogP contribution in [0.2, 0.25) is 0 Å². The Morgan fingerprint density at radius 3 is 2.64 bits per heavy atom. The maximum absolute atomic E-state index is 11.2. The van der Waals surface area contributed by atoms with Gasteiger partial charge in [0.15, 0.2) is 0 Å². The average Bonchev–Trinajstić information content (AvgIpc) is 2.33. The zero-order chi connectivity index (χ0) is 8.43. The highest BCUT2D eigenvalue weighted by Crippen LogP contribution is 2.10. The molecular weight excluding hydrogens is 144 g/mol. The number of rotatable bonds is 1. The molecule has 1 aliphatic rings. The molecule has 1 unspecified atom stereocenters. The monoisotopic (exact) mass is 156 g/mol. The van der Waals surface area contributed by atoms with Gasteiger partial charge >= 0.3 is 0 Å². The van der Waals surface area contributed by atoms with Gasteiger partial charge in [0.25, 0.3) is 0 Å². The second-order valence-electron chi connectivity index (χ2n) is 2.86. The summed E-state index contributed by atoms with van der Waals surface area (Å²) in [6, 6.07) is 0. The van der Waals surface area contributed by atoms with Crippen molar-refractivity contribution >= 4 is 11.8 Å². The van der Waals surface area contributed by atoms with Crippen molar-refractivity contribution in [3.8, 4) is 0 Å². The summed E-state index contributed by atoms with van der Waals surface area (Å²) in [5, 5.41) is 2.62. The lowest BCUT2D eigenvalue weighted by Crippen LogP contribution is -2.34. The first-order valence-corrected chi connectivity index (χ1v) is 3.62. The van der Waals surface area contributed by atoms with Crippen LogP contribution in [0, 0.1) is 5.92 Å². The molecule has 0 aromatic heterocycles. The summed E-state index contributed by atoms with van der Waals surface area (Å²) < 4.78 is 0. The molecule has 1 aliphatic heterocycles. The Morgan fingerprint density at radius 2 is 2.27 bits per heavy atom. The molecule has 1 fully saturated rings. The van der Waals surface area contributed by atoms with Gasteiger partial charge in [-0.2, -0.15) is 0 Å². The topological polar surface area (TPSA) is 49.4 Å². The molecule has 62 valence electrons. The predicted octanol–water partition coefficient (Wildman–Crippen LogP) is -0.789. The smallest absolute Gasteiger partial charge is 0.234 e. The molecule has 0 radical (unpaired) electrons. The lowest BCUT2D eigenvalue weighted by atomic mass is 10.1. The Labute approximate surface area is 65.6 Å². The maximum Gasteiger partial charge on any atom is 0.234 e. The summed E-state index contributed by atoms with van der Waals surface area (Å²) in [6.07, 6.45) is 0.635. The minimum Gasteiger partial charge on any atom is -0.355 e. The Morgan fingerprint density at radius 1 is 1.64 bits per heavy atom. The highest BCUT2D eigenvalue weighted by molar-refractivity contribution is 6.01. The number of hydrogen-bond donors (Lipinski definition) is 1. The molecule has 1 heterocycles. The van der Waals surface area contributed by atoms with E-state index in [4.69, 9.17) is 0 Å². The van der Waals surface area contributed by atoms with E-state index in [1.54, 1.807) is 14.1 Å². The third-order valence-corrected chi connectivity index (χ3v) is 1.79. The molecule has 1 atom stereocenters. The third kappa shape index (κ3) is 1.50. The number of amides is 2. The molecule has 0 saturated carbocycles. The standard InChI is InChI=1S/C7H12N2O2/c1-9(2)7(11)5-3-4-8-6(5)10/h5H,3-4H2,1-2H3,(H,8,10). The molecule has 4 nitrogen and oxygen atoms in total. The van der Waals surface area contributed by atoms with Crippen molar-refractivity contribution < 1.29 is 9.59 Å². The zero-order valence-electron chi connectivity index (χ0n) is 6.76. The van der Waals surface area contributed by atoms with Crippen LogP contribution in [0.1, 0.15) is 6.42 Å². The van der Waals surface area contributed by atoms with Gasteiger partial charge in [0.05, 0.1) is 0 Å². The summed E-state index contributed by atoms with van der Waals surface area (Å²) in [5.41, 5.74) is 0. The van der Waals surface area contributed by atoms with Crippen LogP contribution in [0.25, 0.3) is 0 Å². The van der Waals surface area contributed by atoms with Crippen molar-refractivity contribution in [1.82, 2.24) is 10.2 Å². The van der Waals surface area contributed by atoms with Gasteiger partial charge in [-0.05, 0) is 6.42 Å². The van der Waals surface area contributed by atoms with Gasteiger partial charge in [0.2, 0.25) is 11.8 Å². The molecule has 2 amide bonds. The molecule has 0 bridgehead atoms. The molecule has 11 heavy (non-hydrogen) atoms. The largest absolute Gasteiger partial charge is 0.355 e. The lowest BCUT2D eigenvalue weighted by Gasteiger charge is -2.13. The first kappa shape index (κ1) is 8.04. The fourth-order valence-corrected chi connectivity index (χ4v) is 1.14. The predicted molar refractivity (Wildman–Crippen MR) is 39.8 cm³/mol. The SMILES string of the molecule is CN(C)C(=O)C1CCNC1=O. The summed E-state index contributed by atoms with van der Waals surface area (Å²) in [4.78, 5) is 23.6. The number of nitrogens with zero attached hydrogens (tertiary/aromatic N) is 1. The molecule has 0 aromatic carbocycles. The van der Waals surface area contributed by atoms with Crippen molar-refractivity contribution in [3.05, 3.63) is 0 Å².